The molecule has 2 aromatic rings. The van der Waals surface area contributed by atoms with Gasteiger partial charge < -0.3 is 10.6 Å². The van der Waals surface area contributed by atoms with Gasteiger partial charge in [-0.05, 0) is 36.8 Å². The second kappa shape index (κ2) is 5.97. The van der Waals surface area contributed by atoms with E-state index in [1.807, 2.05) is 56.4 Å². The van der Waals surface area contributed by atoms with Gasteiger partial charge in [0, 0.05) is 29.9 Å². The monoisotopic (exact) mass is 287 g/mol. The SMILES string of the molecule is Cc1ccc(N(C)Cc2ccc(Cl)cc2)c(C(=N)N)c1. The van der Waals surface area contributed by atoms with Crippen molar-refractivity contribution >= 4 is 23.1 Å². The first-order valence-electron chi connectivity index (χ1n) is 6.38. The average Bonchev–Trinajstić information content (AvgIpc) is 2.41. The Bertz CT molecular complexity index is 620. The molecule has 0 radical (unpaired) electrons. The minimum Gasteiger partial charge on any atom is -0.384 e. The number of nitrogens with two attached hydrogens (primary N) is 1. The fourth-order valence-corrected chi connectivity index (χ4v) is 2.27. The predicted molar refractivity (Wildman–Crippen MR) is 85.8 cm³/mol. The Hall–Kier alpha value is -2.00. The second-order valence-electron chi connectivity index (χ2n) is 4.92. The summed E-state index contributed by atoms with van der Waals surface area (Å²) >= 11 is 5.89. The number of hydrogen-bond donors (Lipinski definition) is 2. The molecule has 0 atom stereocenters. The van der Waals surface area contributed by atoms with Crippen molar-refractivity contribution in [2.24, 2.45) is 5.73 Å². The number of nitrogen functional groups attached to an aromatic ring is 1. The fraction of sp³-hybridized carbons (Fsp3) is 0.188. The van der Waals surface area contributed by atoms with Crippen LogP contribution in [0.1, 0.15) is 16.7 Å². The van der Waals surface area contributed by atoms with E-state index in [-0.39, 0.29) is 5.84 Å². The lowest BCUT2D eigenvalue weighted by Gasteiger charge is -2.22. The number of rotatable bonds is 4. The second-order valence-corrected chi connectivity index (χ2v) is 5.35. The highest BCUT2D eigenvalue weighted by Gasteiger charge is 2.10. The van der Waals surface area contributed by atoms with Crippen molar-refractivity contribution < 1.29 is 0 Å². The summed E-state index contributed by atoms with van der Waals surface area (Å²) in [5.74, 6) is 0.0895. The molecular formula is C16H18ClN3. The van der Waals surface area contributed by atoms with E-state index in [0.29, 0.717) is 0 Å². The van der Waals surface area contributed by atoms with E-state index in [0.717, 1.165) is 33.9 Å². The van der Waals surface area contributed by atoms with Crippen LogP contribution in [0.15, 0.2) is 42.5 Å². The Balaban J connectivity index is 2.27. The van der Waals surface area contributed by atoms with Crippen LogP contribution >= 0.6 is 11.6 Å². The molecule has 2 rings (SSSR count). The van der Waals surface area contributed by atoms with E-state index in [2.05, 4.69) is 4.90 Å². The van der Waals surface area contributed by atoms with Gasteiger partial charge in [0.15, 0.2) is 0 Å². The van der Waals surface area contributed by atoms with Gasteiger partial charge in [0.25, 0.3) is 0 Å². The van der Waals surface area contributed by atoms with E-state index in [1.54, 1.807) is 0 Å². The molecule has 0 aliphatic heterocycles. The average molecular weight is 288 g/mol. The number of hydrogen-bond acceptors (Lipinski definition) is 2. The highest BCUT2D eigenvalue weighted by atomic mass is 35.5. The van der Waals surface area contributed by atoms with Crippen LogP contribution in [-0.2, 0) is 6.54 Å². The highest BCUT2D eigenvalue weighted by molar-refractivity contribution is 6.30. The third-order valence-electron chi connectivity index (χ3n) is 3.19. The summed E-state index contributed by atoms with van der Waals surface area (Å²) in [5.41, 5.74) is 9.65. The molecule has 0 fully saturated rings. The molecule has 0 spiro atoms. The van der Waals surface area contributed by atoms with Gasteiger partial charge in [-0.1, -0.05) is 35.4 Å². The molecule has 0 aliphatic carbocycles. The van der Waals surface area contributed by atoms with Gasteiger partial charge in [0.1, 0.15) is 5.84 Å². The summed E-state index contributed by atoms with van der Waals surface area (Å²) in [7, 11) is 1.99. The first-order valence-corrected chi connectivity index (χ1v) is 6.76. The van der Waals surface area contributed by atoms with Crippen LogP contribution in [0, 0.1) is 12.3 Å². The molecular weight excluding hydrogens is 270 g/mol. The summed E-state index contributed by atoms with van der Waals surface area (Å²) in [4.78, 5) is 2.08. The number of halogens is 1. The quantitative estimate of drug-likeness (QED) is 0.667. The molecule has 0 aromatic heterocycles. The Morgan fingerprint density at radius 2 is 1.85 bits per heavy atom. The van der Waals surface area contributed by atoms with Crippen LogP contribution in [0.2, 0.25) is 5.02 Å². The molecule has 0 heterocycles. The Labute approximate surface area is 124 Å². The molecule has 104 valence electrons. The van der Waals surface area contributed by atoms with Gasteiger partial charge in [0.2, 0.25) is 0 Å². The number of nitrogens with zero attached hydrogens (tertiary/aromatic N) is 1. The van der Waals surface area contributed by atoms with Gasteiger partial charge in [-0.25, -0.2) is 0 Å². The Kier molecular flexibility index (Phi) is 4.30. The number of benzene rings is 2. The van der Waals surface area contributed by atoms with E-state index in [4.69, 9.17) is 22.7 Å². The summed E-state index contributed by atoms with van der Waals surface area (Å²) in [6, 6.07) is 13.7. The summed E-state index contributed by atoms with van der Waals surface area (Å²) in [6.45, 7) is 2.73. The van der Waals surface area contributed by atoms with Crippen LogP contribution in [0.3, 0.4) is 0 Å². The first kappa shape index (κ1) is 14.4. The van der Waals surface area contributed by atoms with E-state index in [1.165, 1.54) is 0 Å². The minimum absolute atomic E-state index is 0.0895. The molecule has 3 N–H and O–H groups in total. The smallest absolute Gasteiger partial charge is 0.124 e. The number of anilines is 1. The number of aryl methyl sites for hydroxylation is 1. The van der Waals surface area contributed by atoms with Crippen molar-refractivity contribution in [1.29, 1.82) is 5.41 Å². The van der Waals surface area contributed by atoms with Crippen molar-refractivity contribution in [1.82, 2.24) is 0 Å². The lowest BCUT2D eigenvalue weighted by molar-refractivity contribution is 0.921. The topological polar surface area (TPSA) is 53.1 Å². The zero-order chi connectivity index (χ0) is 14.7. The Morgan fingerprint density at radius 1 is 1.20 bits per heavy atom. The normalized spacial score (nSPS) is 10.3. The standard InChI is InChI=1S/C16H18ClN3/c1-11-3-8-15(14(9-11)16(18)19)20(2)10-12-4-6-13(17)7-5-12/h3-9H,10H2,1-2H3,(H3,18,19). The summed E-state index contributed by atoms with van der Waals surface area (Å²) < 4.78 is 0. The molecule has 0 saturated heterocycles. The number of nitrogens with one attached hydrogen (secondary N) is 1. The zero-order valence-corrected chi connectivity index (χ0v) is 12.4. The van der Waals surface area contributed by atoms with Crippen LogP contribution in [0.4, 0.5) is 5.69 Å². The maximum Gasteiger partial charge on any atom is 0.124 e. The summed E-state index contributed by atoms with van der Waals surface area (Å²) in [6.07, 6.45) is 0. The maximum absolute atomic E-state index is 7.71. The van der Waals surface area contributed by atoms with Crippen molar-refractivity contribution in [3.05, 3.63) is 64.2 Å². The molecule has 20 heavy (non-hydrogen) atoms. The highest BCUT2D eigenvalue weighted by Crippen LogP contribution is 2.22. The third kappa shape index (κ3) is 3.31. The summed E-state index contributed by atoms with van der Waals surface area (Å²) in [5, 5.41) is 8.44. The van der Waals surface area contributed by atoms with E-state index >= 15 is 0 Å². The largest absolute Gasteiger partial charge is 0.384 e. The van der Waals surface area contributed by atoms with E-state index < -0.39 is 0 Å². The molecule has 2 aromatic carbocycles. The van der Waals surface area contributed by atoms with Gasteiger partial charge in [-0.2, -0.15) is 0 Å². The third-order valence-corrected chi connectivity index (χ3v) is 3.44. The number of amidine groups is 1. The fourth-order valence-electron chi connectivity index (χ4n) is 2.15. The van der Waals surface area contributed by atoms with Gasteiger partial charge >= 0.3 is 0 Å². The lowest BCUT2D eigenvalue weighted by Crippen LogP contribution is -2.22. The maximum atomic E-state index is 7.71. The van der Waals surface area contributed by atoms with Crippen molar-refractivity contribution in [3.63, 3.8) is 0 Å². The lowest BCUT2D eigenvalue weighted by atomic mass is 10.1. The van der Waals surface area contributed by atoms with Crippen molar-refractivity contribution in [2.45, 2.75) is 13.5 Å². The van der Waals surface area contributed by atoms with Gasteiger partial charge in [-0.3, -0.25) is 5.41 Å². The first-order chi connectivity index (χ1) is 9.47. The van der Waals surface area contributed by atoms with Gasteiger partial charge in [-0.15, -0.1) is 0 Å². The molecule has 4 heteroatoms. The predicted octanol–water partition coefficient (Wildman–Crippen LogP) is 3.57. The van der Waals surface area contributed by atoms with E-state index in [9.17, 15) is 0 Å². The molecule has 0 bridgehead atoms. The minimum atomic E-state index is 0.0895. The van der Waals surface area contributed by atoms with Crippen molar-refractivity contribution in [3.8, 4) is 0 Å². The molecule has 0 aliphatic rings. The van der Waals surface area contributed by atoms with Crippen LogP contribution in [0.25, 0.3) is 0 Å². The molecule has 0 saturated carbocycles. The molecule has 3 nitrogen and oxygen atoms in total. The van der Waals surface area contributed by atoms with Gasteiger partial charge in [0.05, 0.1) is 0 Å². The zero-order valence-electron chi connectivity index (χ0n) is 11.7. The van der Waals surface area contributed by atoms with Crippen LogP contribution < -0.4 is 10.6 Å². The Morgan fingerprint density at radius 3 is 2.45 bits per heavy atom. The van der Waals surface area contributed by atoms with Crippen molar-refractivity contribution in [2.75, 3.05) is 11.9 Å². The van der Waals surface area contributed by atoms with Crippen LogP contribution in [-0.4, -0.2) is 12.9 Å². The van der Waals surface area contributed by atoms with Crippen LogP contribution in [0.5, 0.6) is 0 Å². The molecule has 0 amide bonds. The molecule has 0 unspecified atom stereocenters.